The van der Waals surface area contributed by atoms with E-state index in [4.69, 9.17) is 18.1 Å². The molecular formula is C6H11N5S. The highest BCUT2D eigenvalue weighted by atomic mass is 32.1. The predicted octanol–water partition coefficient (Wildman–Crippen LogP) is -0.742. The maximum atomic E-state index is 5.06. The average Bonchev–Trinajstić information content (AvgIpc) is 2.47. The van der Waals surface area contributed by atoms with Crippen molar-refractivity contribution in [3.8, 4) is 0 Å². The minimum atomic E-state index is 0.417. The molecule has 66 valence electrons. The van der Waals surface area contributed by atoms with Crippen LogP contribution in [0.1, 0.15) is 5.69 Å². The molecule has 0 aromatic carbocycles. The molecule has 1 heterocycles. The number of hydrogen-bond acceptors (Lipinski definition) is 3. The van der Waals surface area contributed by atoms with Crippen LogP contribution in [0.2, 0.25) is 0 Å². The van der Waals surface area contributed by atoms with Gasteiger partial charge in [-0.15, -0.1) is 0 Å². The van der Waals surface area contributed by atoms with E-state index in [0.29, 0.717) is 11.7 Å². The maximum absolute atomic E-state index is 5.06. The molecule has 4 N–H and O–H groups in total. The molecule has 0 saturated heterocycles. The van der Waals surface area contributed by atoms with Crippen molar-refractivity contribution in [1.29, 1.82) is 0 Å². The van der Waals surface area contributed by atoms with E-state index in [-0.39, 0.29) is 0 Å². The van der Waals surface area contributed by atoms with Crippen molar-refractivity contribution in [2.45, 2.75) is 6.54 Å². The summed E-state index contributed by atoms with van der Waals surface area (Å²) in [5.74, 6) is 5.06. The lowest BCUT2D eigenvalue weighted by atomic mass is 10.4. The summed E-state index contributed by atoms with van der Waals surface area (Å²) in [6.07, 6.45) is 1.87. The van der Waals surface area contributed by atoms with Crippen molar-refractivity contribution in [2.24, 2.45) is 12.9 Å². The Labute approximate surface area is 75.9 Å². The molecule has 0 aliphatic heterocycles. The molecule has 1 aromatic rings. The Morgan fingerprint density at radius 1 is 1.83 bits per heavy atom. The number of nitrogens with zero attached hydrogens (tertiary/aromatic N) is 2. The van der Waals surface area contributed by atoms with Crippen molar-refractivity contribution < 1.29 is 0 Å². The van der Waals surface area contributed by atoms with Gasteiger partial charge in [-0.2, -0.15) is 5.10 Å². The molecular weight excluding hydrogens is 174 g/mol. The first-order chi connectivity index (χ1) is 5.72. The van der Waals surface area contributed by atoms with Crippen LogP contribution in [-0.2, 0) is 13.6 Å². The van der Waals surface area contributed by atoms with Crippen molar-refractivity contribution in [1.82, 2.24) is 20.5 Å². The van der Waals surface area contributed by atoms with Gasteiger partial charge in [-0.3, -0.25) is 4.68 Å². The van der Waals surface area contributed by atoms with Gasteiger partial charge in [0.15, 0.2) is 5.11 Å². The molecule has 5 nitrogen and oxygen atoms in total. The number of hydrazine groups is 1. The Balaban J connectivity index is 2.38. The van der Waals surface area contributed by atoms with Gasteiger partial charge < -0.3 is 10.7 Å². The number of thiocarbonyl (C=S) groups is 1. The lowest BCUT2D eigenvalue weighted by Crippen LogP contribution is -2.39. The molecule has 6 heteroatoms. The van der Waals surface area contributed by atoms with Crippen LogP contribution in [0.25, 0.3) is 0 Å². The standard InChI is InChI=1S/C6H11N5S/c1-11-3-2-5(10-11)4-8-6(12)9-7/h2-3H,4,7H2,1H3,(H2,8,9,12). The van der Waals surface area contributed by atoms with Gasteiger partial charge in [0, 0.05) is 13.2 Å². The Morgan fingerprint density at radius 3 is 3.08 bits per heavy atom. The maximum Gasteiger partial charge on any atom is 0.180 e. The summed E-state index contributed by atoms with van der Waals surface area (Å²) < 4.78 is 1.73. The van der Waals surface area contributed by atoms with Gasteiger partial charge in [-0.05, 0) is 18.3 Å². The number of aryl methyl sites for hydroxylation is 1. The molecule has 1 rings (SSSR count). The highest BCUT2D eigenvalue weighted by molar-refractivity contribution is 7.80. The molecule has 0 fully saturated rings. The summed E-state index contributed by atoms with van der Waals surface area (Å²) in [5, 5.41) is 7.44. The van der Waals surface area contributed by atoms with Crippen molar-refractivity contribution in [2.75, 3.05) is 0 Å². The fourth-order valence-corrected chi connectivity index (χ4v) is 0.851. The lowest BCUT2D eigenvalue weighted by Gasteiger charge is -2.03. The molecule has 0 unspecified atom stereocenters. The second-order valence-electron chi connectivity index (χ2n) is 2.31. The molecule has 0 radical (unpaired) electrons. The third-order valence-corrected chi connectivity index (χ3v) is 1.59. The summed E-state index contributed by atoms with van der Waals surface area (Å²) in [6.45, 7) is 0.587. The predicted molar refractivity (Wildman–Crippen MR) is 50.0 cm³/mol. The Morgan fingerprint density at radius 2 is 2.58 bits per heavy atom. The molecule has 1 aromatic heterocycles. The quantitative estimate of drug-likeness (QED) is 0.321. The van der Waals surface area contributed by atoms with Gasteiger partial charge in [0.2, 0.25) is 0 Å². The van der Waals surface area contributed by atoms with Crippen molar-refractivity contribution >= 4 is 17.3 Å². The highest BCUT2D eigenvalue weighted by Crippen LogP contribution is 1.91. The molecule has 0 bridgehead atoms. The second kappa shape index (κ2) is 4.03. The smallest absolute Gasteiger partial charge is 0.180 e. The van der Waals surface area contributed by atoms with Gasteiger partial charge in [-0.1, -0.05) is 0 Å². The Bertz CT molecular complexity index is 269. The minimum absolute atomic E-state index is 0.417. The van der Waals surface area contributed by atoms with Crippen LogP contribution in [0.4, 0.5) is 0 Å². The molecule has 0 aliphatic rings. The van der Waals surface area contributed by atoms with Crippen molar-refractivity contribution in [3.63, 3.8) is 0 Å². The summed E-state index contributed by atoms with van der Waals surface area (Å²) in [5.41, 5.74) is 3.25. The largest absolute Gasteiger partial charge is 0.356 e. The van der Waals surface area contributed by atoms with E-state index in [1.165, 1.54) is 0 Å². The number of hydrogen-bond donors (Lipinski definition) is 3. The Hall–Kier alpha value is -1.14. The van der Waals surface area contributed by atoms with Gasteiger partial charge in [0.25, 0.3) is 0 Å². The van der Waals surface area contributed by atoms with E-state index in [2.05, 4.69) is 15.8 Å². The SMILES string of the molecule is Cn1ccc(CNC(=S)NN)n1. The molecule has 0 amide bonds. The number of rotatable bonds is 2. The molecule has 12 heavy (non-hydrogen) atoms. The van der Waals surface area contributed by atoms with E-state index in [1.54, 1.807) is 4.68 Å². The van der Waals surface area contributed by atoms with Crippen LogP contribution in [0, 0.1) is 0 Å². The van der Waals surface area contributed by atoms with Crippen molar-refractivity contribution in [3.05, 3.63) is 18.0 Å². The topological polar surface area (TPSA) is 67.9 Å². The van der Waals surface area contributed by atoms with Crippen LogP contribution in [-0.4, -0.2) is 14.9 Å². The van der Waals surface area contributed by atoms with Crippen LogP contribution in [0.3, 0.4) is 0 Å². The summed E-state index contributed by atoms with van der Waals surface area (Å²) in [7, 11) is 1.86. The monoisotopic (exact) mass is 185 g/mol. The van der Waals surface area contributed by atoms with Gasteiger partial charge >= 0.3 is 0 Å². The van der Waals surface area contributed by atoms with E-state index in [0.717, 1.165) is 5.69 Å². The van der Waals surface area contributed by atoms with Crippen LogP contribution in [0.15, 0.2) is 12.3 Å². The third-order valence-electron chi connectivity index (χ3n) is 1.33. The second-order valence-corrected chi connectivity index (χ2v) is 2.72. The van der Waals surface area contributed by atoms with E-state index in [1.807, 2.05) is 19.3 Å². The Kier molecular flexibility index (Phi) is 3.01. The number of nitrogens with two attached hydrogens (primary N) is 1. The molecule has 0 spiro atoms. The van der Waals surface area contributed by atoms with E-state index < -0.39 is 0 Å². The number of nitrogens with one attached hydrogen (secondary N) is 2. The molecule has 0 saturated carbocycles. The molecule has 0 aliphatic carbocycles. The first-order valence-electron chi connectivity index (χ1n) is 3.45. The zero-order valence-electron chi connectivity index (χ0n) is 6.74. The first kappa shape index (κ1) is 8.95. The first-order valence-corrected chi connectivity index (χ1v) is 3.86. The van der Waals surface area contributed by atoms with Gasteiger partial charge in [0.1, 0.15) is 0 Å². The zero-order chi connectivity index (χ0) is 8.97. The summed E-state index contributed by atoms with van der Waals surface area (Å²) >= 11 is 4.78. The van der Waals surface area contributed by atoms with Crippen LogP contribution >= 0.6 is 12.2 Å². The average molecular weight is 185 g/mol. The number of aromatic nitrogens is 2. The lowest BCUT2D eigenvalue weighted by molar-refractivity contribution is 0.727. The normalized spacial score (nSPS) is 9.50. The van der Waals surface area contributed by atoms with E-state index >= 15 is 0 Å². The fourth-order valence-electron chi connectivity index (χ4n) is 0.779. The summed E-state index contributed by atoms with van der Waals surface area (Å²) in [4.78, 5) is 0. The van der Waals surface area contributed by atoms with Gasteiger partial charge in [-0.25, -0.2) is 5.84 Å². The summed E-state index contributed by atoms with van der Waals surface area (Å²) in [6, 6.07) is 1.91. The fraction of sp³-hybridized carbons (Fsp3) is 0.333. The van der Waals surface area contributed by atoms with Crippen LogP contribution in [0.5, 0.6) is 0 Å². The molecule has 0 atom stereocenters. The van der Waals surface area contributed by atoms with Gasteiger partial charge in [0.05, 0.1) is 12.2 Å². The minimum Gasteiger partial charge on any atom is -0.356 e. The van der Waals surface area contributed by atoms with Crippen LogP contribution < -0.4 is 16.6 Å². The third kappa shape index (κ3) is 2.48. The van der Waals surface area contributed by atoms with E-state index in [9.17, 15) is 0 Å². The highest BCUT2D eigenvalue weighted by Gasteiger charge is 1.96. The zero-order valence-corrected chi connectivity index (χ0v) is 7.56.